The first-order chi connectivity index (χ1) is 16.6. The highest BCUT2D eigenvalue weighted by molar-refractivity contribution is 5.80. The van der Waals surface area contributed by atoms with E-state index in [-0.39, 0.29) is 6.10 Å². The quantitative estimate of drug-likeness (QED) is 0.406. The van der Waals surface area contributed by atoms with Gasteiger partial charge in [0.2, 0.25) is 11.6 Å². The predicted octanol–water partition coefficient (Wildman–Crippen LogP) is 4.03. The fourth-order valence-corrected chi connectivity index (χ4v) is 4.01. The Kier molecular flexibility index (Phi) is 5.75. The van der Waals surface area contributed by atoms with E-state index in [9.17, 15) is 0 Å². The third-order valence-electron chi connectivity index (χ3n) is 5.77. The van der Waals surface area contributed by atoms with Crippen LogP contribution in [-0.4, -0.2) is 49.6 Å². The topological polar surface area (TPSA) is 86.1 Å². The maximum absolute atomic E-state index is 6.25. The zero-order valence-corrected chi connectivity index (χ0v) is 19.4. The van der Waals surface area contributed by atoms with Crippen molar-refractivity contribution in [3.05, 3.63) is 60.0 Å². The SMILES string of the molecule is COc1ccc(C2COc3cc(Cn4cnc5cc(OC)c(OC)cc54)cc(OC)c3O2)cn1. The number of rotatable bonds is 7. The van der Waals surface area contributed by atoms with Gasteiger partial charge in [-0.15, -0.1) is 0 Å². The van der Waals surface area contributed by atoms with Crippen molar-refractivity contribution < 1.29 is 28.4 Å². The average Bonchev–Trinajstić information content (AvgIpc) is 3.28. The van der Waals surface area contributed by atoms with E-state index >= 15 is 0 Å². The molecule has 0 saturated carbocycles. The highest BCUT2D eigenvalue weighted by Gasteiger charge is 2.27. The van der Waals surface area contributed by atoms with Crippen molar-refractivity contribution in [2.75, 3.05) is 35.0 Å². The lowest BCUT2D eigenvalue weighted by Crippen LogP contribution is -2.22. The van der Waals surface area contributed by atoms with Crippen LogP contribution in [0, 0.1) is 0 Å². The van der Waals surface area contributed by atoms with Crippen LogP contribution in [0.5, 0.6) is 34.6 Å². The minimum Gasteiger partial charge on any atom is -0.493 e. The van der Waals surface area contributed by atoms with E-state index in [2.05, 4.69) is 9.97 Å². The lowest BCUT2D eigenvalue weighted by atomic mass is 10.1. The minimum absolute atomic E-state index is 0.300. The molecular formula is C25H25N3O6. The molecule has 1 aliphatic heterocycles. The van der Waals surface area contributed by atoms with Crippen molar-refractivity contribution in [3.63, 3.8) is 0 Å². The number of aromatic nitrogens is 3. The van der Waals surface area contributed by atoms with E-state index in [1.54, 1.807) is 47.0 Å². The van der Waals surface area contributed by atoms with Crippen LogP contribution in [0.4, 0.5) is 0 Å². The van der Waals surface area contributed by atoms with Crippen molar-refractivity contribution in [2.24, 2.45) is 0 Å². The monoisotopic (exact) mass is 463 g/mol. The van der Waals surface area contributed by atoms with E-state index in [0.29, 0.717) is 47.8 Å². The van der Waals surface area contributed by atoms with Crippen LogP contribution in [0.15, 0.2) is 48.9 Å². The predicted molar refractivity (Wildman–Crippen MR) is 125 cm³/mol. The molecule has 0 bridgehead atoms. The largest absolute Gasteiger partial charge is 0.493 e. The molecule has 0 amide bonds. The molecule has 9 heteroatoms. The molecule has 0 fully saturated rings. The number of fused-ring (bicyclic) bond motifs is 2. The van der Waals surface area contributed by atoms with Gasteiger partial charge in [-0.2, -0.15) is 0 Å². The molecule has 4 aromatic rings. The van der Waals surface area contributed by atoms with E-state index in [1.807, 2.05) is 34.9 Å². The highest BCUT2D eigenvalue weighted by Crippen LogP contribution is 2.44. The number of hydrogen-bond acceptors (Lipinski definition) is 8. The van der Waals surface area contributed by atoms with Crippen molar-refractivity contribution in [3.8, 4) is 34.6 Å². The van der Waals surface area contributed by atoms with Crippen LogP contribution >= 0.6 is 0 Å². The lowest BCUT2D eigenvalue weighted by Gasteiger charge is -2.28. The number of nitrogens with zero attached hydrogens (tertiary/aromatic N) is 3. The van der Waals surface area contributed by atoms with Crippen molar-refractivity contribution in [2.45, 2.75) is 12.6 Å². The van der Waals surface area contributed by atoms with E-state index in [1.165, 1.54) is 0 Å². The van der Waals surface area contributed by atoms with Gasteiger partial charge in [-0.25, -0.2) is 9.97 Å². The second-order valence-corrected chi connectivity index (χ2v) is 7.75. The first-order valence-corrected chi connectivity index (χ1v) is 10.7. The summed E-state index contributed by atoms with van der Waals surface area (Å²) in [4.78, 5) is 8.77. The van der Waals surface area contributed by atoms with Crippen LogP contribution < -0.4 is 28.4 Å². The maximum atomic E-state index is 6.25. The van der Waals surface area contributed by atoms with E-state index < -0.39 is 0 Å². The number of ether oxygens (including phenoxy) is 6. The second-order valence-electron chi connectivity index (χ2n) is 7.75. The summed E-state index contributed by atoms with van der Waals surface area (Å²) >= 11 is 0. The average molecular weight is 463 g/mol. The molecule has 2 aromatic carbocycles. The Balaban J connectivity index is 1.43. The van der Waals surface area contributed by atoms with Crippen LogP contribution in [-0.2, 0) is 6.54 Å². The van der Waals surface area contributed by atoms with Crippen LogP contribution in [0.3, 0.4) is 0 Å². The molecule has 0 N–H and O–H groups in total. The zero-order valence-electron chi connectivity index (χ0n) is 19.4. The fraction of sp³-hybridized carbons (Fsp3) is 0.280. The molecule has 1 atom stereocenters. The van der Waals surface area contributed by atoms with Gasteiger partial charge in [0.25, 0.3) is 0 Å². The molecule has 0 aliphatic carbocycles. The molecule has 0 saturated heterocycles. The highest BCUT2D eigenvalue weighted by atomic mass is 16.6. The molecular weight excluding hydrogens is 438 g/mol. The van der Waals surface area contributed by atoms with Crippen molar-refractivity contribution in [1.29, 1.82) is 0 Å². The molecule has 9 nitrogen and oxygen atoms in total. The molecule has 34 heavy (non-hydrogen) atoms. The van der Waals surface area contributed by atoms with Crippen LogP contribution in [0.25, 0.3) is 11.0 Å². The molecule has 3 heterocycles. The second kappa shape index (κ2) is 9.01. The lowest BCUT2D eigenvalue weighted by molar-refractivity contribution is 0.0867. The first kappa shape index (κ1) is 21.7. The summed E-state index contributed by atoms with van der Waals surface area (Å²) in [6, 6.07) is 11.4. The number of pyridine rings is 1. The Hall–Kier alpha value is -4.14. The van der Waals surface area contributed by atoms with Gasteiger partial charge in [-0.05, 0) is 23.8 Å². The third kappa shape index (κ3) is 3.89. The summed E-state index contributed by atoms with van der Waals surface area (Å²) in [6.07, 6.45) is 3.22. The van der Waals surface area contributed by atoms with Gasteiger partial charge in [0, 0.05) is 36.5 Å². The first-order valence-electron chi connectivity index (χ1n) is 10.7. The molecule has 1 aliphatic rings. The van der Waals surface area contributed by atoms with Gasteiger partial charge in [-0.1, -0.05) is 0 Å². The Morgan fingerprint density at radius 1 is 0.912 bits per heavy atom. The normalized spacial score (nSPS) is 14.6. The fourth-order valence-electron chi connectivity index (χ4n) is 4.01. The number of imidazole rings is 1. The smallest absolute Gasteiger partial charge is 0.212 e. The Morgan fingerprint density at radius 3 is 2.41 bits per heavy atom. The van der Waals surface area contributed by atoms with Gasteiger partial charge < -0.3 is 33.0 Å². The van der Waals surface area contributed by atoms with E-state index in [4.69, 9.17) is 28.4 Å². The molecule has 176 valence electrons. The van der Waals surface area contributed by atoms with Crippen molar-refractivity contribution >= 4 is 11.0 Å². The molecule has 1 unspecified atom stereocenters. The third-order valence-corrected chi connectivity index (χ3v) is 5.77. The Bertz CT molecular complexity index is 1300. The molecule has 0 spiro atoms. The standard InChI is InChI=1S/C25H25N3O6/c1-29-19-9-17-18(10-20(19)30-2)28(14-27-17)12-15-7-21(31-3)25-22(8-15)33-13-23(34-25)16-5-6-24(32-4)26-11-16/h5-11,14,23H,12-13H2,1-4H3. The number of hydrogen-bond donors (Lipinski definition) is 0. The Labute approximate surface area is 196 Å². The van der Waals surface area contributed by atoms with Gasteiger partial charge >= 0.3 is 0 Å². The molecule has 0 radical (unpaired) electrons. The zero-order chi connectivity index (χ0) is 23.7. The van der Waals surface area contributed by atoms with Crippen LogP contribution in [0.2, 0.25) is 0 Å². The minimum atomic E-state index is -0.300. The van der Waals surface area contributed by atoms with Gasteiger partial charge in [-0.3, -0.25) is 0 Å². The summed E-state index contributed by atoms with van der Waals surface area (Å²) in [5, 5.41) is 0. The summed E-state index contributed by atoms with van der Waals surface area (Å²) in [7, 11) is 6.43. The van der Waals surface area contributed by atoms with Gasteiger partial charge in [0.05, 0.1) is 45.8 Å². The summed E-state index contributed by atoms with van der Waals surface area (Å²) in [5.41, 5.74) is 3.63. The summed E-state index contributed by atoms with van der Waals surface area (Å²) in [5.74, 6) is 3.64. The van der Waals surface area contributed by atoms with Gasteiger partial charge in [0.15, 0.2) is 29.1 Å². The van der Waals surface area contributed by atoms with Crippen molar-refractivity contribution in [1.82, 2.24) is 14.5 Å². The summed E-state index contributed by atoms with van der Waals surface area (Å²) < 4.78 is 36.0. The van der Waals surface area contributed by atoms with E-state index in [0.717, 1.165) is 22.2 Å². The number of methoxy groups -OCH3 is 4. The maximum Gasteiger partial charge on any atom is 0.212 e. The Morgan fingerprint density at radius 2 is 1.71 bits per heavy atom. The molecule has 5 rings (SSSR count). The van der Waals surface area contributed by atoms with Crippen LogP contribution in [0.1, 0.15) is 17.2 Å². The molecule has 2 aromatic heterocycles. The summed E-state index contributed by atoms with van der Waals surface area (Å²) in [6.45, 7) is 0.920. The number of benzene rings is 2. The van der Waals surface area contributed by atoms with Gasteiger partial charge in [0.1, 0.15) is 6.61 Å².